The number of fused-ring (bicyclic) bond motifs is 3. The highest BCUT2D eigenvalue weighted by Crippen LogP contribution is 2.09. The smallest absolute Gasteiger partial charge is 0.131 e. The lowest BCUT2D eigenvalue weighted by atomic mass is 10.1. The molecule has 0 amide bonds. The molecule has 0 aliphatic heterocycles. The minimum absolute atomic E-state index is 0.102. The fraction of sp³-hybridized carbons (Fsp3) is 0.385. The van der Waals surface area contributed by atoms with Gasteiger partial charge in [-0.2, -0.15) is 0 Å². The molecule has 0 unspecified atom stereocenters. The van der Waals surface area contributed by atoms with E-state index < -0.39 is 0 Å². The van der Waals surface area contributed by atoms with Crippen molar-refractivity contribution in [3.8, 4) is 0 Å². The Balaban J connectivity index is 0.000000160. The van der Waals surface area contributed by atoms with Gasteiger partial charge in [-0.15, -0.1) is 0 Å². The molecule has 0 aliphatic rings. The average molecular weight is 236 g/mol. The van der Waals surface area contributed by atoms with E-state index in [4.69, 9.17) is 9.47 Å². The highest BCUT2D eigenvalue weighted by Gasteiger charge is 1.94. The molecule has 0 aromatic heterocycles. The summed E-state index contributed by atoms with van der Waals surface area (Å²) in [6.45, 7) is 5.47. The van der Waals surface area contributed by atoms with Gasteiger partial charge in [0, 0.05) is 13.2 Å². The summed E-state index contributed by atoms with van der Waals surface area (Å²) in [5.41, 5.74) is 0. The second kappa shape index (κ2) is 7.38. The summed E-state index contributed by atoms with van der Waals surface area (Å²) < 4.78 is 10.2. The van der Waals surface area contributed by atoms with Crippen molar-refractivity contribution < 1.29 is 9.47 Å². The molecule has 3 aromatic carbocycles. The Morgan fingerprint density at radius 3 is 1.38 bits per heavy atom. The lowest BCUT2D eigenvalue weighted by Crippen LogP contribution is -2.16. The van der Waals surface area contributed by atoms with Gasteiger partial charge in [0.25, 0.3) is 0 Å². The van der Waals surface area contributed by atoms with Gasteiger partial charge in [0.05, 0.1) is 10.2 Å². The largest absolute Gasteiger partial charge is 0.358 e. The first kappa shape index (κ1) is 13.2. The number of rotatable bonds is 4. The SMILES string of the molecule is CCOC([SiH3])OCC.c1cc2ccc1cc2. The monoisotopic (exact) mass is 236 g/mol. The van der Waals surface area contributed by atoms with Crippen LogP contribution in [-0.2, 0) is 9.47 Å². The van der Waals surface area contributed by atoms with Gasteiger partial charge in [-0.1, -0.05) is 36.4 Å². The molecule has 88 valence electrons. The van der Waals surface area contributed by atoms with Crippen molar-refractivity contribution >= 4 is 21.0 Å². The predicted molar refractivity (Wildman–Crippen MR) is 72.1 cm³/mol. The number of ether oxygens (including phenoxy) is 2. The van der Waals surface area contributed by atoms with E-state index >= 15 is 0 Å². The van der Waals surface area contributed by atoms with E-state index in [1.165, 1.54) is 10.8 Å². The van der Waals surface area contributed by atoms with Crippen LogP contribution in [0.3, 0.4) is 0 Å². The van der Waals surface area contributed by atoms with Gasteiger partial charge < -0.3 is 9.47 Å². The summed E-state index contributed by atoms with van der Waals surface area (Å²) in [6.07, 6.45) is 0. The number of benzene rings is 3. The fourth-order valence-electron chi connectivity index (χ4n) is 1.43. The summed E-state index contributed by atoms with van der Waals surface area (Å²) in [6, 6.07) is 12.7. The highest BCUT2D eigenvalue weighted by atomic mass is 28.1. The third kappa shape index (κ3) is 4.75. The number of hydrogen-bond donors (Lipinski definition) is 0. The summed E-state index contributed by atoms with van der Waals surface area (Å²) in [5.74, 6) is 0.102. The first-order chi connectivity index (χ1) is 7.76. The minimum Gasteiger partial charge on any atom is -0.358 e. The average Bonchev–Trinajstić information content (AvgIpc) is 2.33. The molecule has 0 atom stereocenters. The Morgan fingerprint density at radius 2 is 1.19 bits per heavy atom. The maximum absolute atomic E-state index is 5.12. The van der Waals surface area contributed by atoms with Crippen molar-refractivity contribution in [2.24, 2.45) is 0 Å². The molecule has 0 saturated heterocycles. The molecule has 2 nitrogen and oxygen atoms in total. The summed E-state index contributed by atoms with van der Waals surface area (Å²) in [7, 11) is 0.964. The van der Waals surface area contributed by atoms with Gasteiger partial charge in [-0.05, 0) is 24.6 Å². The van der Waals surface area contributed by atoms with E-state index in [9.17, 15) is 0 Å². The zero-order chi connectivity index (χ0) is 11.8. The van der Waals surface area contributed by atoms with Crippen molar-refractivity contribution in [2.45, 2.75) is 19.8 Å². The predicted octanol–water partition coefficient (Wildman–Crippen LogP) is 1.99. The van der Waals surface area contributed by atoms with Crippen LogP contribution in [0, 0.1) is 0 Å². The molecule has 0 fully saturated rings. The van der Waals surface area contributed by atoms with E-state index in [1.54, 1.807) is 0 Å². The lowest BCUT2D eigenvalue weighted by molar-refractivity contribution is -0.0801. The standard InChI is InChI=1S/C8H6.C5H14O2Si/c1-2-8-5-3-7(1)4-6-8;1-3-6-5(8)7-4-2/h1-6H;5H,3-4H2,1-2,8H3. The maximum Gasteiger partial charge on any atom is 0.131 e. The van der Waals surface area contributed by atoms with Gasteiger partial charge >= 0.3 is 0 Å². The van der Waals surface area contributed by atoms with Gasteiger partial charge in [0.2, 0.25) is 0 Å². The Kier molecular flexibility index (Phi) is 6.07. The molecule has 3 rings (SSSR count). The molecule has 0 saturated carbocycles. The highest BCUT2D eigenvalue weighted by molar-refractivity contribution is 6.10. The van der Waals surface area contributed by atoms with E-state index in [0.717, 1.165) is 23.5 Å². The molecule has 0 radical (unpaired) electrons. The van der Waals surface area contributed by atoms with Crippen molar-refractivity contribution in [2.75, 3.05) is 13.2 Å². The van der Waals surface area contributed by atoms with E-state index in [-0.39, 0.29) is 5.91 Å². The second-order valence-electron chi connectivity index (χ2n) is 3.48. The van der Waals surface area contributed by atoms with Crippen LogP contribution in [0.1, 0.15) is 13.8 Å². The lowest BCUT2D eigenvalue weighted by Gasteiger charge is -2.09. The van der Waals surface area contributed by atoms with E-state index in [2.05, 4.69) is 36.4 Å². The minimum atomic E-state index is 0.102. The Labute approximate surface area is 100 Å². The summed E-state index contributed by atoms with van der Waals surface area (Å²) in [4.78, 5) is 0. The fourth-order valence-corrected chi connectivity index (χ4v) is 2.09. The van der Waals surface area contributed by atoms with Gasteiger partial charge in [0.1, 0.15) is 5.91 Å². The van der Waals surface area contributed by atoms with Gasteiger partial charge in [-0.25, -0.2) is 0 Å². The summed E-state index contributed by atoms with van der Waals surface area (Å²) in [5, 5.41) is 2.61. The van der Waals surface area contributed by atoms with Crippen molar-refractivity contribution in [1.82, 2.24) is 0 Å². The van der Waals surface area contributed by atoms with E-state index in [1.807, 2.05) is 13.8 Å². The van der Waals surface area contributed by atoms with Crippen molar-refractivity contribution in [3.63, 3.8) is 0 Å². The zero-order valence-corrected chi connectivity index (χ0v) is 12.3. The first-order valence-electron chi connectivity index (χ1n) is 5.77. The first-order valence-corrected chi connectivity index (χ1v) is 6.93. The Morgan fingerprint density at radius 1 is 0.875 bits per heavy atom. The molecule has 0 spiro atoms. The zero-order valence-electron chi connectivity index (χ0n) is 10.3. The van der Waals surface area contributed by atoms with Crippen molar-refractivity contribution in [1.29, 1.82) is 0 Å². The van der Waals surface area contributed by atoms with Crippen LogP contribution in [0.15, 0.2) is 36.4 Å². The molecular formula is C13H20O2Si. The second-order valence-corrected chi connectivity index (χ2v) is 4.42. The number of hydrogen-bond acceptors (Lipinski definition) is 2. The normalized spacial score (nSPS) is 10.7. The van der Waals surface area contributed by atoms with Crippen LogP contribution in [0.4, 0.5) is 0 Å². The molecular weight excluding hydrogens is 216 g/mol. The van der Waals surface area contributed by atoms with Crippen LogP contribution in [-0.4, -0.2) is 29.4 Å². The van der Waals surface area contributed by atoms with Crippen LogP contribution < -0.4 is 0 Å². The third-order valence-corrected chi connectivity index (χ3v) is 2.87. The summed E-state index contributed by atoms with van der Waals surface area (Å²) >= 11 is 0. The molecule has 2 bridgehead atoms. The van der Waals surface area contributed by atoms with Crippen LogP contribution >= 0.6 is 0 Å². The quantitative estimate of drug-likeness (QED) is 0.597. The molecule has 0 heterocycles. The third-order valence-electron chi connectivity index (χ3n) is 2.21. The Bertz CT molecular complexity index is 294. The Hall–Kier alpha value is -0.903. The van der Waals surface area contributed by atoms with E-state index in [0.29, 0.717) is 0 Å². The van der Waals surface area contributed by atoms with Gasteiger partial charge in [-0.3, -0.25) is 0 Å². The molecule has 0 aliphatic carbocycles. The van der Waals surface area contributed by atoms with Gasteiger partial charge in [0.15, 0.2) is 0 Å². The van der Waals surface area contributed by atoms with Crippen LogP contribution in [0.2, 0.25) is 0 Å². The van der Waals surface area contributed by atoms with Crippen LogP contribution in [0.25, 0.3) is 10.8 Å². The molecule has 3 heteroatoms. The maximum atomic E-state index is 5.12. The molecule has 0 N–H and O–H groups in total. The molecule has 3 aromatic rings. The van der Waals surface area contributed by atoms with Crippen LogP contribution in [0.5, 0.6) is 0 Å². The van der Waals surface area contributed by atoms with Crippen molar-refractivity contribution in [3.05, 3.63) is 36.4 Å². The topological polar surface area (TPSA) is 18.5 Å². The molecule has 16 heavy (non-hydrogen) atoms.